The Bertz CT molecular complexity index is 488. The lowest BCUT2D eigenvalue weighted by Crippen LogP contribution is -2.27. The van der Waals surface area contributed by atoms with E-state index in [1.807, 2.05) is 0 Å². The van der Waals surface area contributed by atoms with Gasteiger partial charge in [-0.05, 0) is 6.08 Å². The molecule has 0 fully saturated rings. The number of aliphatic hydroxyl groups excluding tert-OH is 2. The minimum absolute atomic E-state index is 0.0498. The number of ketones is 2. The average molecular weight is 218 g/mol. The van der Waals surface area contributed by atoms with Crippen molar-refractivity contribution < 1.29 is 19.8 Å². The van der Waals surface area contributed by atoms with Crippen molar-refractivity contribution in [3.63, 3.8) is 0 Å². The van der Waals surface area contributed by atoms with Crippen LogP contribution in [0.3, 0.4) is 0 Å². The maximum absolute atomic E-state index is 11.9. The van der Waals surface area contributed by atoms with Crippen LogP contribution in [0.5, 0.6) is 0 Å². The van der Waals surface area contributed by atoms with E-state index >= 15 is 0 Å². The fraction of sp³-hybridized carbons (Fsp3) is 0.167. The molecule has 0 saturated carbocycles. The summed E-state index contributed by atoms with van der Waals surface area (Å²) in [7, 11) is 0. The first kappa shape index (κ1) is 10.7. The van der Waals surface area contributed by atoms with E-state index in [-0.39, 0.29) is 16.9 Å². The van der Waals surface area contributed by atoms with Crippen molar-refractivity contribution in [3.8, 4) is 0 Å². The molecule has 4 heteroatoms. The zero-order valence-electron chi connectivity index (χ0n) is 8.38. The number of carbonyl (C=O) groups excluding carboxylic acids is 2. The Morgan fingerprint density at radius 2 is 1.75 bits per heavy atom. The third kappa shape index (κ3) is 1.58. The van der Waals surface area contributed by atoms with Crippen molar-refractivity contribution in [2.24, 2.45) is 0 Å². The summed E-state index contributed by atoms with van der Waals surface area (Å²) in [6, 6.07) is 6.42. The van der Waals surface area contributed by atoms with Crippen molar-refractivity contribution in [2.45, 2.75) is 6.10 Å². The molecule has 2 N–H and O–H groups in total. The van der Waals surface area contributed by atoms with Crippen molar-refractivity contribution in [1.29, 1.82) is 0 Å². The molecule has 82 valence electrons. The Morgan fingerprint density at radius 3 is 2.38 bits per heavy atom. The summed E-state index contributed by atoms with van der Waals surface area (Å²) < 4.78 is 0. The van der Waals surface area contributed by atoms with E-state index in [2.05, 4.69) is 0 Å². The minimum Gasteiger partial charge on any atom is -0.393 e. The number of hydrogen-bond acceptors (Lipinski definition) is 4. The van der Waals surface area contributed by atoms with Gasteiger partial charge >= 0.3 is 0 Å². The summed E-state index contributed by atoms with van der Waals surface area (Å²) in [5.74, 6) is -0.727. The quantitative estimate of drug-likeness (QED) is 0.750. The first-order valence-electron chi connectivity index (χ1n) is 4.83. The van der Waals surface area contributed by atoms with Crippen molar-refractivity contribution in [3.05, 3.63) is 47.0 Å². The zero-order valence-corrected chi connectivity index (χ0v) is 8.38. The average Bonchev–Trinajstić information content (AvgIpc) is 2.33. The molecule has 0 unspecified atom stereocenters. The SMILES string of the molecule is O=C1C=C([C@@H](O)CO)C(=O)c2ccccc21. The summed E-state index contributed by atoms with van der Waals surface area (Å²) in [6.45, 7) is -0.576. The fourth-order valence-corrected chi connectivity index (χ4v) is 1.68. The number of carbonyl (C=O) groups is 2. The molecule has 1 aromatic carbocycles. The lowest BCUT2D eigenvalue weighted by Gasteiger charge is -2.17. The first-order valence-corrected chi connectivity index (χ1v) is 4.83. The maximum atomic E-state index is 11.9. The largest absolute Gasteiger partial charge is 0.393 e. The normalized spacial score (nSPS) is 16.8. The maximum Gasteiger partial charge on any atom is 0.192 e. The molecule has 4 nitrogen and oxygen atoms in total. The highest BCUT2D eigenvalue weighted by molar-refractivity contribution is 6.24. The molecule has 0 aromatic heterocycles. The van der Waals surface area contributed by atoms with E-state index in [4.69, 9.17) is 5.11 Å². The van der Waals surface area contributed by atoms with Gasteiger partial charge in [0.25, 0.3) is 0 Å². The summed E-state index contributed by atoms with van der Waals surface area (Å²) in [6.07, 6.45) is -0.212. The number of rotatable bonds is 2. The Labute approximate surface area is 91.8 Å². The summed E-state index contributed by atoms with van der Waals surface area (Å²) in [5, 5.41) is 18.2. The molecular weight excluding hydrogens is 208 g/mol. The number of allylic oxidation sites excluding steroid dienone is 1. The highest BCUT2D eigenvalue weighted by Crippen LogP contribution is 2.22. The van der Waals surface area contributed by atoms with Crippen LogP contribution in [-0.4, -0.2) is 34.5 Å². The molecular formula is C12H10O4. The molecule has 0 amide bonds. The molecule has 0 heterocycles. The van der Waals surface area contributed by atoms with Gasteiger partial charge in [-0.2, -0.15) is 0 Å². The smallest absolute Gasteiger partial charge is 0.192 e. The van der Waals surface area contributed by atoms with Gasteiger partial charge in [-0.25, -0.2) is 0 Å². The Hall–Kier alpha value is -1.78. The second kappa shape index (κ2) is 4.00. The van der Waals surface area contributed by atoms with Crippen molar-refractivity contribution >= 4 is 11.6 Å². The summed E-state index contributed by atoms with van der Waals surface area (Å²) >= 11 is 0. The number of fused-ring (bicyclic) bond motifs is 1. The first-order chi connectivity index (χ1) is 7.65. The van der Waals surface area contributed by atoms with Gasteiger partial charge in [-0.3, -0.25) is 9.59 Å². The van der Waals surface area contributed by atoms with Crippen LogP contribution in [0.1, 0.15) is 20.7 Å². The fourth-order valence-electron chi connectivity index (χ4n) is 1.68. The van der Waals surface area contributed by atoms with Crippen LogP contribution in [0, 0.1) is 0 Å². The van der Waals surface area contributed by atoms with E-state index < -0.39 is 18.5 Å². The number of aliphatic hydroxyl groups is 2. The summed E-state index contributed by atoms with van der Waals surface area (Å²) in [5.41, 5.74) is 0.560. The third-order valence-corrected chi connectivity index (χ3v) is 2.52. The Morgan fingerprint density at radius 1 is 1.12 bits per heavy atom. The van der Waals surface area contributed by atoms with Gasteiger partial charge in [0, 0.05) is 16.7 Å². The van der Waals surface area contributed by atoms with E-state index in [0.717, 1.165) is 6.08 Å². The van der Waals surface area contributed by atoms with Crippen LogP contribution in [0.15, 0.2) is 35.9 Å². The van der Waals surface area contributed by atoms with Gasteiger partial charge < -0.3 is 10.2 Å². The number of hydrogen-bond donors (Lipinski definition) is 2. The van der Waals surface area contributed by atoms with Gasteiger partial charge in [-0.15, -0.1) is 0 Å². The molecule has 1 aromatic rings. The van der Waals surface area contributed by atoms with Crippen molar-refractivity contribution in [1.82, 2.24) is 0 Å². The van der Waals surface area contributed by atoms with E-state index in [9.17, 15) is 14.7 Å². The molecule has 0 bridgehead atoms. The molecule has 1 aliphatic carbocycles. The molecule has 16 heavy (non-hydrogen) atoms. The monoisotopic (exact) mass is 218 g/mol. The topological polar surface area (TPSA) is 74.6 Å². The van der Waals surface area contributed by atoms with Gasteiger partial charge in [0.15, 0.2) is 11.6 Å². The summed E-state index contributed by atoms with van der Waals surface area (Å²) in [4.78, 5) is 23.5. The van der Waals surface area contributed by atoms with Gasteiger partial charge in [0.05, 0.1) is 6.61 Å². The Balaban J connectivity index is 2.51. The van der Waals surface area contributed by atoms with Gasteiger partial charge in [0.1, 0.15) is 6.10 Å². The lowest BCUT2D eigenvalue weighted by molar-refractivity contribution is 0.0876. The second-order valence-corrected chi connectivity index (χ2v) is 3.54. The predicted molar refractivity (Wildman–Crippen MR) is 56.3 cm³/mol. The lowest BCUT2D eigenvalue weighted by atomic mass is 9.87. The molecule has 0 spiro atoms. The van der Waals surface area contributed by atoms with Crippen molar-refractivity contribution in [2.75, 3.05) is 6.61 Å². The number of Topliss-reactive ketones (excluding diaryl/α,β-unsaturated/α-hetero) is 1. The molecule has 1 atom stereocenters. The standard InChI is InChI=1S/C12H10O4/c13-6-11(15)9-5-10(14)7-3-1-2-4-8(7)12(9)16/h1-5,11,13,15H,6H2/t11-/m0/s1. The molecule has 1 aliphatic rings. The van der Waals surface area contributed by atoms with E-state index in [1.165, 1.54) is 6.07 Å². The van der Waals surface area contributed by atoms with Crippen LogP contribution >= 0.6 is 0 Å². The Kier molecular flexibility index (Phi) is 2.68. The minimum atomic E-state index is -1.30. The number of benzene rings is 1. The van der Waals surface area contributed by atoms with Crippen LogP contribution < -0.4 is 0 Å². The molecule has 2 rings (SSSR count). The van der Waals surface area contributed by atoms with Crippen LogP contribution in [0.25, 0.3) is 0 Å². The predicted octanol–water partition coefficient (Wildman–Crippen LogP) is 0.345. The highest BCUT2D eigenvalue weighted by Gasteiger charge is 2.28. The van der Waals surface area contributed by atoms with E-state index in [1.54, 1.807) is 18.2 Å². The van der Waals surface area contributed by atoms with Crippen LogP contribution in [0.4, 0.5) is 0 Å². The molecule has 0 radical (unpaired) electrons. The zero-order chi connectivity index (χ0) is 11.7. The highest BCUT2D eigenvalue weighted by atomic mass is 16.3. The molecule has 0 aliphatic heterocycles. The van der Waals surface area contributed by atoms with Gasteiger partial charge in [0.2, 0.25) is 0 Å². The van der Waals surface area contributed by atoms with Gasteiger partial charge in [-0.1, -0.05) is 24.3 Å². The van der Waals surface area contributed by atoms with Crippen LogP contribution in [0.2, 0.25) is 0 Å². The van der Waals surface area contributed by atoms with Crippen LogP contribution in [-0.2, 0) is 0 Å². The molecule has 0 saturated heterocycles. The van der Waals surface area contributed by atoms with E-state index in [0.29, 0.717) is 5.56 Å². The second-order valence-electron chi connectivity index (χ2n) is 3.54. The third-order valence-electron chi connectivity index (χ3n) is 2.52.